The smallest absolute Gasteiger partial charge is 0.382 e. The molecular weight excluding hydrogens is 495 g/mol. The van der Waals surface area contributed by atoms with Crippen molar-refractivity contribution in [3.8, 4) is 0 Å². The van der Waals surface area contributed by atoms with Gasteiger partial charge in [0.15, 0.2) is 0 Å². The number of nitroso groups, excluding NO2 is 1. The van der Waals surface area contributed by atoms with Gasteiger partial charge in [0.1, 0.15) is 12.3 Å². The molecule has 0 aromatic heterocycles. The molecule has 0 radical (unpaired) electrons. The Hall–Kier alpha value is -2.94. The number of alkyl halides is 3. The highest BCUT2D eigenvalue weighted by Crippen LogP contribution is 2.38. The molecule has 0 spiro atoms. The molecule has 1 saturated heterocycles. The third-order valence-electron chi connectivity index (χ3n) is 7.73. The fourth-order valence-corrected chi connectivity index (χ4v) is 5.53. The van der Waals surface area contributed by atoms with Crippen molar-refractivity contribution in [2.24, 2.45) is 5.18 Å². The Balaban J connectivity index is 1.17. The van der Waals surface area contributed by atoms with Gasteiger partial charge >= 0.3 is 6.18 Å². The molecule has 2 aromatic carbocycles. The first-order valence-electron chi connectivity index (χ1n) is 13.6. The Morgan fingerprint density at radius 2 is 1.71 bits per heavy atom. The standard InChI is InChI=1S/C29H36F3N3O3/c1-2-3-20-4-6-21(7-5-20)22-14-16-35(17-15-22)28(36)19-38-25-11-8-23(9-12-25)33-24-10-13-27(34-37)26(18-24)29(30,31)32/h4-7,10,13,18,22-23,25,33H,2-3,8-9,11-12,14-17,19H2,1H3. The molecule has 1 heterocycles. The zero-order valence-corrected chi connectivity index (χ0v) is 21.8. The van der Waals surface area contributed by atoms with Crippen LogP contribution in [-0.4, -0.2) is 42.6 Å². The molecule has 2 aromatic rings. The van der Waals surface area contributed by atoms with E-state index in [0.29, 0.717) is 11.6 Å². The van der Waals surface area contributed by atoms with Crippen LogP contribution in [0.3, 0.4) is 0 Å². The summed E-state index contributed by atoms with van der Waals surface area (Å²) in [7, 11) is 0. The van der Waals surface area contributed by atoms with E-state index in [4.69, 9.17) is 4.74 Å². The summed E-state index contributed by atoms with van der Waals surface area (Å²) in [6.07, 6.45) is 2.35. The van der Waals surface area contributed by atoms with Gasteiger partial charge in [-0.25, -0.2) is 0 Å². The summed E-state index contributed by atoms with van der Waals surface area (Å²) in [5.41, 5.74) is 1.37. The lowest BCUT2D eigenvalue weighted by Crippen LogP contribution is -2.41. The number of hydrogen-bond acceptors (Lipinski definition) is 5. The normalized spacial score (nSPS) is 20.8. The second kappa shape index (κ2) is 12.7. The highest BCUT2D eigenvalue weighted by molar-refractivity contribution is 5.77. The van der Waals surface area contributed by atoms with Crippen LogP contribution >= 0.6 is 0 Å². The van der Waals surface area contributed by atoms with Crippen molar-refractivity contribution >= 4 is 17.3 Å². The summed E-state index contributed by atoms with van der Waals surface area (Å²) in [4.78, 5) is 25.3. The highest BCUT2D eigenvalue weighted by Gasteiger charge is 2.35. The maximum absolute atomic E-state index is 13.2. The van der Waals surface area contributed by atoms with Crippen molar-refractivity contribution in [2.45, 2.75) is 82.5 Å². The van der Waals surface area contributed by atoms with E-state index < -0.39 is 17.4 Å². The number of carbonyl (C=O) groups is 1. The summed E-state index contributed by atoms with van der Waals surface area (Å²) in [5.74, 6) is 0.502. The average Bonchev–Trinajstić information content (AvgIpc) is 2.93. The molecule has 2 aliphatic rings. The van der Waals surface area contributed by atoms with Crippen LogP contribution in [0.2, 0.25) is 0 Å². The second-order valence-electron chi connectivity index (χ2n) is 10.4. The second-order valence-corrected chi connectivity index (χ2v) is 10.4. The Bertz CT molecular complexity index is 1070. The predicted molar refractivity (Wildman–Crippen MR) is 142 cm³/mol. The molecule has 1 N–H and O–H groups in total. The van der Waals surface area contributed by atoms with Gasteiger partial charge in [-0.2, -0.15) is 13.2 Å². The zero-order valence-electron chi connectivity index (χ0n) is 21.8. The molecule has 1 aliphatic heterocycles. The van der Waals surface area contributed by atoms with Crippen LogP contribution in [0, 0.1) is 4.91 Å². The lowest BCUT2D eigenvalue weighted by molar-refractivity contribution is -0.140. The molecule has 1 amide bonds. The third-order valence-corrected chi connectivity index (χ3v) is 7.73. The van der Waals surface area contributed by atoms with E-state index in [1.54, 1.807) is 0 Å². The van der Waals surface area contributed by atoms with E-state index in [2.05, 4.69) is 41.7 Å². The van der Waals surface area contributed by atoms with Crippen molar-refractivity contribution in [2.75, 3.05) is 25.0 Å². The lowest BCUT2D eigenvalue weighted by atomic mass is 9.88. The first-order chi connectivity index (χ1) is 18.3. The summed E-state index contributed by atoms with van der Waals surface area (Å²) >= 11 is 0. The average molecular weight is 532 g/mol. The van der Waals surface area contributed by atoms with Crippen LogP contribution in [-0.2, 0) is 22.1 Å². The number of benzene rings is 2. The number of piperidine rings is 1. The van der Waals surface area contributed by atoms with Crippen LogP contribution in [0.25, 0.3) is 0 Å². The molecule has 1 aliphatic carbocycles. The van der Waals surface area contributed by atoms with Crippen molar-refractivity contribution in [3.63, 3.8) is 0 Å². The van der Waals surface area contributed by atoms with Gasteiger partial charge in [0.25, 0.3) is 0 Å². The molecule has 206 valence electrons. The Kier molecular flexibility index (Phi) is 9.41. The molecule has 4 rings (SSSR count). The molecule has 9 heteroatoms. The van der Waals surface area contributed by atoms with Crippen LogP contribution < -0.4 is 5.32 Å². The Morgan fingerprint density at radius 3 is 2.32 bits per heavy atom. The van der Waals surface area contributed by atoms with Crippen molar-refractivity contribution in [1.82, 2.24) is 4.90 Å². The number of aryl methyl sites for hydroxylation is 1. The van der Waals surface area contributed by atoms with Crippen LogP contribution in [0.5, 0.6) is 0 Å². The molecule has 6 nitrogen and oxygen atoms in total. The number of likely N-dealkylation sites (tertiary alicyclic amines) is 1. The first-order valence-corrected chi connectivity index (χ1v) is 13.6. The van der Waals surface area contributed by atoms with Gasteiger partial charge in [0.2, 0.25) is 5.91 Å². The van der Waals surface area contributed by atoms with Gasteiger partial charge in [-0.3, -0.25) is 4.79 Å². The Labute approximate surface area is 221 Å². The minimum absolute atomic E-state index is 0.00302. The first kappa shape index (κ1) is 28.1. The van der Waals surface area contributed by atoms with Crippen molar-refractivity contribution in [3.05, 3.63) is 64.1 Å². The number of anilines is 1. The largest absolute Gasteiger partial charge is 0.418 e. The summed E-state index contributed by atoms with van der Waals surface area (Å²) in [6, 6.07) is 12.4. The van der Waals surface area contributed by atoms with Crippen LogP contribution in [0.15, 0.2) is 47.6 Å². The van der Waals surface area contributed by atoms with Gasteiger partial charge in [-0.15, -0.1) is 4.91 Å². The van der Waals surface area contributed by atoms with Gasteiger partial charge in [-0.05, 0) is 85.4 Å². The van der Waals surface area contributed by atoms with Gasteiger partial charge in [0, 0.05) is 24.8 Å². The molecule has 0 atom stereocenters. The summed E-state index contributed by atoms with van der Waals surface area (Å²) < 4.78 is 45.5. The van der Waals surface area contributed by atoms with Crippen LogP contribution in [0.1, 0.15) is 74.5 Å². The molecule has 2 fully saturated rings. The summed E-state index contributed by atoms with van der Waals surface area (Å²) in [6.45, 7) is 3.72. The van der Waals surface area contributed by atoms with E-state index >= 15 is 0 Å². The number of halogens is 3. The highest BCUT2D eigenvalue weighted by atomic mass is 19.4. The number of rotatable bonds is 9. The minimum Gasteiger partial charge on any atom is -0.382 e. The number of ether oxygens (including phenoxy) is 1. The molecule has 0 bridgehead atoms. The van der Waals surface area contributed by atoms with Crippen molar-refractivity contribution in [1.29, 1.82) is 0 Å². The number of hydrogen-bond donors (Lipinski definition) is 1. The lowest BCUT2D eigenvalue weighted by Gasteiger charge is -2.33. The third kappa shape index (κ3) is 7.34. The van der Waals surface area contributed by atoms with Crippen molar-refractivity contribution < 1.29 is 22.7 Å². The zero-order chi connectivity index (χ0) is 27.1. The van der Waals surface area contributed by atoms with E-state index in [-0.39, 0.29) is 24.7 Å². The number of nitrogens with zero attached hydrogens (tertiary/aromatic N) is 2. The SMILES string of the molecule is CCCc1ccc(C2CCN(C(=O)COC3CCC(Nc4ccc(N=O)c(C(F)(F)F)c4)CC3)CC2)cc1. The van der Waals surface area contributed by atoms with Gasteiger partial charge in [0.05, 0.1) is 11.7 Å². The molecular formula is C29H36F3N3O3. The number of amides is 1. The molecule has 38 heavy (non-hydrogen) atoms. The van der Waals surface area contributed by atoms with Crippen LogP contribution in [0.4, 0.5) is 24.5 Å². The fraction of sp³-hybridized carbons (Fsp3) is 0.552. The van der Waals surface area contributed by atoms with E-state index in [9.17, 15) is 22.9 Å². The molecule has 0 unspecified atom stereocenters. The van der Waals surface area contributed by atoms with E-state index in [1.807, 2.05) is 4.90 Å². The minimum atomic E-state index is -4.64. The van der Waals surface area contributed by atoms with Gasteiger partial charge < -0.3 is 15.0 Å². The topological polar surface area (TPSA) is 71.0 Å². The Morgan fingerprint density at radius 1 is 1.03 bits per heavy atom. The number of carbonyl (C=O) groups excluding carboxylic acids is 1. The van der Waals surface area contributed by atoms with E-state index in [0.717, 1.165) is 76.6 Å². The monoisotopic (exact) mass is 531 g/mol. The fourth-order valence-electron chi connectivity index (χ4n) is 5.53. The quantitative estimate of drug-likeness (QED) is 0.347. The maximum atomic E-state index is 13.2. The van der Waals surface area contributed by atoms with E-state index in [1.165, 1.54) is 17.2 Å². The van der Waals surface area contributed by atoms with Gasteiger partial charge in [-0.1, -0.05) is 37.6 Å². The summed E-state index contributed by atoms with van der Waals surface area (Å²) in [5, 5.41) is 5.62. The predicted octanol–water partition coefficient (Wildman–Crippen LogP) is 7.20. The maximum Gasteiger partial charge on any atom is 0.418 e. The number of nitrogens with one attached hydrogen (secondary N) is 1. The molecule has 1 saturated carbocycles.